The van der Waals surface area contributed by atoms with E-state index in [9.17, 15) is 42.2 Å². The number of aliphatic hydroxyl groups is 2. The van der Waals surface area contributed by atoms with Crippen molar-refractivity contribution in [2.45, 2.75) is 24.4 Å². The first-order valence-electron chi connectivity index (χ1n) is 17.7. The fraction of sp³-hybridized carbons (Fsp3) is 0.342. The Morgan fingerprint density at radius 1 is 0.965 bits per heavy atom. The standard InChI is InChI=1S/C38H37ClF5N7O5S/c39-28-7-1-25(2-8-28)17-33-35(54)51(36(55)57-33)20-30(52)19-48-13-11-47(12-14-48)15-16-49(34(53)26-3-5-27(6-4-26)38(42,43)44)21-37(56,22-50-24-45-23-46-50)31-10-9-29(40)18-32(31)41/h1-10,17-18,23-24,30,52,56H,11-16,19-22H2/b33-17-. The van der Waals surface area contributed by atoms with Crippen LogP contribution in [-0.2, 0) is 23.1 Å². The zero-order chi connectivity index (χ0) is 40.9. The molecule has 0 aliphatic carbocycles. The van der Waals surface area contributed by atoms with Crippen LogP contribution in [-0.4, -0.2) is 127 Å². The molecule has 0 bridgehead atoms. The first-order valence-corrected chi connectivity index (χ1v) is 18.9. The number of aromatic nitrogens is 3. The Hall–Kier alpha value is -4.72. The van der Waals surface area contributed by atoms with E-state index in [1.165, 1.54) is 22.2 Å². The third-order valence-corrected chi connectivity index (χ3v) is 10.7. The van der Waals surface area contributed by atoms with Gasteiger partial charge >= 0.3 is 6.18 Å². The number of β-amino-alcohol motifs (C(OH)–C–C–N with tert-alkyl or cyclic N) is 1. The smallest absolute Gasteiger partial charge is 0.390 e. The summed E-state index contributed by atoms with van der Waals surface area (Å²) in [5.74, 6) is -3.21. The van der Waals surface area contributed by atoms with Gasteiger partial charge in [0.05, 0.1) is 36.2 Å². The van der Waals surface area contributed by atoms with Crippen LogP contribution in [0.25, 0.3) is 6.08 Å². The van der Waals surface area contributed by atoms with Crippen LogP contribution in [0.15, 0.2) is 84.3 Å². The highest BCUT2D eigenvalue weighted by Crippen LogP contribution is 2.33. The Bertz CT molecular complexity index is 2080. The van der Waals surface area contributed by atoms with Crippen molar-refractivity contribution in [2.75, 3.05) is 58.9 Å². The third kappa shape index (κ3) is 10.6. The van der Waals surface area contributed by atoms with Gasteiger partial charge in [0.2, 0.25) is 0 Å². The highest BCUT2D eigenvalue weighted by atomic mass is 35.5. The molecular weight excluding hydrogens is 797 g/mol. The monoisotopic (exact) mass is 833 g/mol. The van der Waals surface area contributed by atoms with Crippen molar-refractivity contribution in [1.29, 1.82) is 0 Å². The Morgan fingerprint density at radius 2 is 1.65 bits per heavy atom. The van der Waals surface area contributed by atoms with E-state index in [2.05, 4.69) is 10.1 Å². The van der Waals surface area contributed by atoms with E-state index >= 15 is 4.39 Å². The van der Waals surface area contributed by atoms with Gasteiger partial charge in [-0.05, 0) is 65.9 Å². The molecule has 4 aromatic rings. The largest absolute Gasteiger partial charge is 0.416 e. The highest BCUT2D eigenvalue weighted by molar-refractivity contribution is 8.18. The molecule has 1 aromatic heterocycles. The second kappa shape index (κ2) is 17.8. The summed E-state index contributed by atoms with van der Waals surface area (Å²) in [6, 6.07) is 13.0. The molecule has 2 saturated heterocycles. The van der Waals surface area contributed by atoms with Crippen LogP contribution >= 0.6 is 23.4 Å². The Morgan fingerprint density at radius 3 is 2.28 bits per heavy atom. The van der Waals surface area contributed by atoms with E-state index in [1.54, 1.807) is 30.3 Å². The fourth-order valence-electron chi connectivity index (χ4n) is 6.61. The van der Waals surface area contributed by atoms with Crippen LogP contribution in [0.1, 0.15) is 27.0 Å². The molecule has 19 heteroatoms. The number of hydrogen-bond donors (Lipinski definition) is 2. The van der Waals surface area contributed by atoms with Gasteiger partial charge in [0, 0.05) is 68.0 Å². The number of amides is 3. The summed E-state index contributed by atoms with van der Waals surface area (Å²) in [6.07, 6.45) is -1.64. The van der Waals surface area contributed by atoms with Gasteiger partial charge in [-0.3, -0.25) is 29.1 Å². The summed E-state index contributed by atoms with van der Waals surface area (Å²) in [6.45, 7) is 1.09. The highest BCUT2D eigenvalue weighted by Gasteiger charge is 2.39. The van der Waals surface area contributed by atoms with Crippen molar-refractivity contribution < 1.29 is 46.5 Å². The van der Waals surface area contributed by atoms with Gasteiger partial charge in [-0.2, -0.15) is 18.3 Å². The van der Waals surface area contributed by atoms with Crippen LogP contribution in [0.4, 0.5) is 26.7 Å². The number of nitrogens with zero attached hydrogens (tertiary/aromatic N) is 7. The zero-order valence-electron chi connectivity index (χ0n) is 30.2. The van der Waals surface area contributed by atoms with Gasteiger partial charge in [0.25, 0.3) is 17.1 Å². The number of rotatable bonds is 14. The van der Waals surface area contributed by atoms with Crippen molar-refractivity contribution in [3.8, 4) is 0 Å². The summed E-state index contributed by atoms with van der Waals surface area (Å²) in [4.78, 5) is 49.8. The van der Waals surface area contributed by atoms with Crippen molar-refractivity contribution in [1.82, 2.24) is 34.4 Å². The maximum absolute atomic E-state index is 15.2. The molecule has 2 atom stereocenters. The SMILES string of the molecule is O=C(c1ccc(C(F)(F)F)cc1)N(CCN1CCN(CC(O)CN2C(=O)S/C(=C\c3ccc(Cl)cc3)C2=O)CC1)CC(O)(Cn1cncn1)c1ccc(F)cc1F. The van der Waals surface area contributed by atoms with Crippen LogP contribution in [0, 0.1) is 11.6 Å². The average molecular weight is 834 g/mol. The summed E-state index contributed by atoms with van der Waals surface area (Å²) >= 11 is 6.72. The first kappa shape index (κ1) is 41.9. The lowest BCUT2D eigenvalue weighted by Gasteiger charge is -2.38. The number of alkyl halides is 3. The van der Waals surface area contributed by atoms with E-state index in [0.29, 0.717) is 42.8 Å². The van der Waals surface area contributed by atoms with Crippen molar-refractivity contribution in [2.24, 2.45) is 0 Å². The minimum atomic E-state index is -4.64. The van der Waals surface area contributed by atoms with Crippen molar-refractivity contribution in [3.63, 3.8) is 0 Å². The van der Waals surface area contributed by atoms with Crippen molar-refractivity contribution >= 4 is 46.5 Å². The number of aliphatic hydroxyl groups excluding tert-OH is 1. The van der Waals surface area contributed by atoms with E-state index in [1.807, 2.05) is 9.80 Å². The molecule has 0 radical (unpaired) electrons. The molecule has 2 aliphatic heterocycles. The molecular formula is C38H37ClF5N7O5S. The van der Waals surface area contributed by atoms with Gasteiger partial charge in [0.15, 0.2) is 0 Å². The normalized spacial score (nSPS) is 18.0. The second-order valence-corrected chi connectivity index (χ2v) is 15.1. The maximum atomic E-state index is 15.2. The first-order chi connectivity index (χ1) is 27.1. The molecule has 57 heavy (non-hydrogen) atoms. The Kier molecular flexibility index (Phi) is 13.1. The maximum Gasteiger partial charge on any atom is 0.416 e. The summed E-state index contributed by atoms with van der Waals surface area (Å²) in [5, 5.41) is 26.9. The van der Waals surface area contributed by atoms with Gasteiger partial charge in [-0.1, -0.05) is 29.8 Å². The second-order valence-electron chi connectivity index (χ2n) is 13.7. The molecule has 2 unspecified atom stereocenters. The lowest BCUT2D eigenvalue weighted by atomic mass is 9.91. The predicted octanol–water partition coefficient (Wildman–Crippen LogP) is 4.97. The number of piperazine rings is 1. The molecule has 3 aromatic carbocycles. The summed E-state index contributed by atoms with van der Waals surface area (Å²) in [7, 11) is 0. The number of thioether (sulfide) groups is 1. The van der Waals surface area contributed by atoms with Gasteiger partial charge in [-0.15, -0.1) is 0 Å². The molecule has 2 fully saturated rings. The number of carbonyl (C=O) groups excluding carboxylic acids is 3. The number of halogens is 6. The minimum Gasteiger partial charge on any atom is -0.390 e. The molecule has 0 saturated carbocycles. The minimum absolute atomic E-state index is 0.0479. The van der Waals surface area contributed by atoms with Crippen LogP contribution in [0.5, 0.6) is 0 Å². The van der Waals surface area contributed by atoms with E-state index in [-0.39, 0.29) is 42.2 Å². The number of carbonyl (C=O) groups is 3. The molecule has 6 rings (SSSR count). The van der Waals surface area contributed by atoms with Gasteiger partial charge < -0.3 is 15.1 Å². The molecule has 0 spiro atoms. The van der Waals surface area contributed by atoms with Crippen LogP contribution in [0.3, 0.4) is 0 Å². The van der Waals surface area contributed by atoms with Gasteiger partial charge in [0.1, 0.15) is 29.9 Å². The van der Waals surface area contributed by atoms with E-state index < -0.39 is 65.2 Å². The lowest BCUT2D eigenvalue weighted by Crippen LogP contribution is -2.53. The number of hydrogen-bond acceptors (Lipinski definition) is 10. The fourth-order valence-corrected chi connectivity index (χ4v) is 7.59. The Balaban J connectivity index is 1.10. The summed E-state index contributed by atoms with van der Waals surface area (Å²) < 4.78 is 70.3. The molecule has 12 nitrogen and oxygen atoms in total. The van der Waals surface area contributed by atoms with E-state index in [4.69, 9.17) is 11.6 Å². The Labute approximate surface area is 333 Å². The number of benzene rings is 3. The molecule has 2 N–H and O–H groups in total. The van der Waals surface area contributed by atoms with Crippen LogP contribution < -0.4 is 0 Å². The molecule has 3 amide bonds. The lowest BCUT2D eigenvalue weighted by molar-refractivity contribution is -0.137. The predicted molar refractivity (Wildman–Crippen MR) is 201 cm³/mol. The van der Waals surface area contributed by atoms with Gasteiger partial charge in [-0.25, -0.2) is 18.4 Å². The molecule has 2 aliphatic rings. The quantitative estimate of drug-likeness (QED) is 0.133. The third-order valence-electron chi connectivity index (χ3n) is 9.58. The topological polar surface area (TPSA) is 135 Å². The zero-order valence-corrected chi connectivity index (χ0v) is 31.7. The number of imide groups is 1. The van der Waals surface area contributed by atoms with Crippen LogP contribution in [0.2, 0.25) is 5.02 Å². The van der Waals surface area contributed by atoms with E-state index in [0.717, 1.165) is 53.1 Å². The molecule has 3 heterocycles. The van der Waals surface area contributed by atoms with Crippen molar-refractivity contribution in [3.05, 3.63) is 123 Å². The average Bonchev–Trinajstić information content (AvgIpc) is 3.77. The molecule has 302 valence electrons. The summed E-state index contributed by atoms with van der Waals surface area (Å²) in [5.41, 5.74) is -2.89.